The Kier molecular flexibility index (Phi) is 4.28. The van der Waals surface area contributed by atoms with Gasteiger partial charge in [0.25, 0.3) is 0 Å². The monoisotopic (exact) mass is 338 g/mol. The number of aromatic nitrogens is 3. The van der Waals surface area contributed by atoms with Crippen molar-refractivity contribution in [1.29, 1.82) is 0 Å². The molecule has 2 N–H and O–H groups in total. The highest BCUT2D eigenvalue weighted by molar-refractivity contribution is 5.72. The summed E-state index contributed by atoms with van der Waals surface area (Å²) in [6, 6.07) is 8.18. The molecule has 25 heavy (non-hydrogen) atoms. The molecule has 0 radical (unpaired) electrons. The lowest BCUT2D eigenvalue weighted by atomic mass is 9.93. The summed E-state index contributed by atoms with van der Waals surface area (Å²) in [5.74, 6) is 1.57. The van der Waals surface area contributed by atoms with E-state index in [-0.39, 0.29) is 6.10 Å². The van der Waals surface area contributed by atoms with Crippen LogP contribution in [0.5, 0.6) is 5.75 Å². The fourth-order valence-corrected chi connectivity index (χ4v) is 3.43. The fourth-order valence-electron chi connectivity index (χ4n) is 3.43. The second-order valence-corrected chi connectivity index (χ2v) is 6.48. The fraction of sp³-hybridized carbons (Fsp3) is 0.368. The summed E-state index contributed by atoms with van der Waals surface area (Å²) in [7, 11) is 1.67. The van der Waals surface area contributed by atoms with Crippen molar-refractivity contribution in [3.8, 4) is 17.0 Å². The summed E-state index contributed by atoms with van der Waals surface area (Å²) < 4.78 is 7.46. The number of nitrogens with one attached hydrogen (secondary N) is 1. The molecule has 130 valence electrons. The first kappa shape index (κ1) is 15.9. The topological polar surface area (TPSA) is 71.7 Å². The summed E-state index contributed by atoms with van der Waals surface area (Å²) in [4.78, 5) is 9.26. The van der Waals surface area contributed by atoms with E-state index in [1.807, 2.05) is 41.1 Å². The van der Waals surface area contributed by atoms with Gasteiger partial charge in [-0.3, -0.25) is 0 Å². The highest BCUT2D eigenvalue weighted by atomic mass is 16.5. The van der Waals surface area contributed by atoms with Crippen molar-refractivity contribution >= 4 is 11.5 Å². The first-order valence-corrected chi connectivity index (χ1v) is 8.66. The minimum absolute atomic E-state index is 0.169. The van der Waals surface area contributed by atoms with Crippen LogP contribution in [0.25, 0.3) is 16.9 Å². The first-order chi connectivity index (χ1) is 12.2. The Hall–Kier alpha value is -2.60. The number of benzene rings is 1. The van der Waals surface area contributed by atoms with E-state index in [4.69, 9.17) is 9.72 Å². The Morgan fingerprint density at radius 3 is 2.80 bits per heavy atom. The molecule has 0 spiro atoms. The average Bonchev–Trinajstić information content (AvgIpc) is 3.12. The lowest BCUT2D eigenvalue weighted by Crippen LogP contribution is -2.28. The molecule has 0 bridgehead atoms. The van der Waals surface area contributed by atoms with Gasteiger partial charge in [0.2, 0.25) is 0 Å². The quantitative estimate of drug-likeness (QED) is 0.765. The minimum Gasteiger partial charge on any atom is -0.496 e. The summed E-state index contributed by atoms with van der Waals surface area (Å²) in [6.45, 7) is 0. The number of hydrogen-bond donors (Lipinski definition) is 2. The van der Waals surface area contributed by atoms with E-state index >= 15 is 0 Å². The minimum atomic E-state index is -0.169. The summed E-state index contributed by atoms with van der Waals surface area (Å²) >= 11 is 0. The number of nitrogens with zero attached hydrogens (tertiary/aromatic N) is 3. The number of hydrogen-bond acceptors (Lipinski definition) is 5. The molecule has 4 rings (SSSR count). The molecule has 6 heteroatoms. The standard InChI is InChI=1S/C19H22N4O2/c1-25-17-5-3-2-4-15(17)16-12-23-11-10-20-19(23)18(22-16)21-13-6-8-14(24)9-7-13/h2-5,10-14,24H,6-9H2,1H3,(H,21,22). The largest absolute Gasteiger partial charge is 0.496 e. The normalized spacial score (nSPS) is 20.6. The zero-order chi connectivity index (χ0) is 17.2. The Labute approximate surface area is 146 Å². The lowest BCUT2D eigenvalue weighted by molar-refractivity contribution is 0.126. The molecule has 0 atom stereocenters. The molecule has 0 unspecified atom stereocenters. The Morgan fingerprint density at radius 1 is 1.20 bits per heavy atom. The van der Waals surface area contributed by atoms with Gasteiger partial charge in [-0.05, 0) is 37.8 Å². The Balaban J connectivity index is 1.72. The van der Waals surface area contributed by atoms with Crippen molar-refractivity contribution in [2.45, 2.75) is 37.8 Å². The van der Waals surface area contributed by atoms with Gasteiger partial charge in [-0.2, -0.15) is 0 Å². The molecule has 2 aromatic heterocycles. The van der Waals surface area contributed by atoms with Crippen molar-refractivity contribution in [1.82, 2.24) is 14.4 Å². The number of anilines is 1. The maximum Gasteiger partial charge on any atom is 0.180 e. The van der Waals surface area contributed by atoms with Gasteiger partial charge in [-0.1, -0.05) is 12.1 Å². The summed E-state index contributed by atoms with van der Waals surface area (Å²) in [5, 5.41) is 13.2. The highest BCUT2D eigenvalue weighted by Crippen LogP contribution is 2.31. The molecule has 6 nitrogen and oxygen atoms in total. The Bertz CT molecular complexity index is 869. The molecule has 1 aliphatic carbocycles. The number of aliphatic hydroxyl groups is 1. The van der Waals surface area contributed by atoms with Gasteiger partial charge in [0.1, 0.15) is 5.75 Å². The first-order valence-electron chi connectivity index (χ1n) is 8.66. The van der Waals surface area contributed by atoms with Gasteiger partial charge < -0.3 is 19.6 Å². The van der Waals surface area contributed by atoms with Gasteiger partial charge in [0.05, 0.1) is 18.9 Å². The predicted molar refractivity (Wildman–Crippen MR) is 96.9 cm³/mol. The van der Waals surface area contributed by atoms with Gasteiger partial charge in [-0.15, -0.1) is 0 Å². The highest BCUT2D eigenvalue weighted by Gasteiger charge is 2.21. The van der Waals surface area contributed by atoms with Crippen LogP contribution in [0, 0.1) is 0 Å². The maximum atomic E-state index is 9.71. The average molecular weight is 338 g/mol. The third-order valence-electron chi connectivity index (χ3n) is 4.79. The van der Waals surface area contributed by atoms with Gasteiger partial charge in [0.15, 0.2) is 11.5 Å². The van der Waals surface area contributed by atoms with Crippen LogP contribution in [-0.4, -0.2) is 38.7 Å². The van der Waals surface area contributed by atoms with Gasteiger partial charge in [-0.25, -0.2) is 9.97 Å². The van der Waals surface area contributed by atoms with E-state index < -0.39 is 0 Å². The smallest absolute Gasteiger partial charge is 0.180 e. The number of rotatable bonds is 4. The van der Waals surface area contributed by atoms with E-state index in [9.17, 15) is 5.11 Å². The molecule has 1 aliphatic rings. The number of fused-ring (bicyclic) bond motifs is 1. The molecule has 0 amide bonds. The van der Waals surface area contributed by atoms with Crippen molar-refractivity contribution in [3.05, 3.63) is 42.9 Å². The second kappa shape index (κ2) is 6.72. The molecular formula is C19H22N4O2. The number of aliphatic hydroxyl groups excluding tert-OH is 1. The molecule has 2 heterocycles. The van der Waals surface area contributed by atoms with Crippen LogP contribution in [0.2, 0.25) is 0 Å². The number of imidazole rings is 1. The second-order valence-electron chi connectivity index (χ2n) is 6.48. The summed E-state index contributed by atoms with van der Waals surface area (Å²) in [6.07, 6.45) is 9.03. The van der Waals surface area contributed by atoms with Crippen molar-refractivity contribution < 1.29 is 9.84 Å². The van der Waals surface area contributed by atoms with E-state index in [1.165, 1.54) is 0 Å². The van der Waals surface area contributed by atoms with Crippen LogP contribution in [0.4, 0.5) is 5.82 Å². The third kappa shape index (κ3) is 3.17. The zero-order valence-corrected chi connectivity index (χ0v) is 14.2. The molecule has 1 aromatic carbocycles. The third-order valence-corrected chi connectivity index (χ3v) is 4.79. The van der Waals surface area contributed by atoms with Crippen molar-refractivity contribution in [2.75, 3.05) is 12.4 Å². The van der Waals surface area contributed by atoms with E-state index in [2.05, 4.69) is 10.3 Å². The molecule has 0 aliphatic heterocycles. The molecule has 1 fully saturated rings. The maximum absolute atomic E-state index is 9.71. The zero-order valence-electron chi connectivity index (χ0n) is 14.2. The van der Waals surface area contributed by atoms with Crippen LogP contribution in [0.3, 0.4) is 0 Å². The van der Waals surface area contributed by atoms with Crippen LogP contribution in [-0.2, 0) is 0 Å². The van der Waals surface area contributed by atoms with Gasteiger partial charge >= 0.3 is 0 Å². The molecular weight excluding hydrogens is 316 g/mol. The number of methoxy groups -OCH3 is 1. The van der Waals surface area contributed by atoms with Crippen LogP contribution in [0.15, 0.2) is 42.9 Å². The lowest BCUT2D eigenvalue weighted by Gasteiger charge is -2.26. The molecule has 0 saturated heterocycles. The Morgan fingerprint density at radius 2 is 2.00 bits per heavy atom. The predicted octanol–water partition coefficient (Wildman–Crippen LogP) is 3.12. The van der Waals surface area contributed by atoms with E-state index in [0.717, 1.165) is 54.2 Å². The summed E-state index contributed by atoms with van der Waals surface area (Å²) in [5.41, 5.74) is 2.59. The van der Waals surface area contributed by atoms with Crippen LogP contribution < -0.4 is 10.1 Å². The van der Waals surface area contributed by atoms with E-state index in [1.54, 1.807) is 13.3 Å². The number of para-hydroxylation sites is 1. The van der Waals surface area contributed by atoms with Gasteiger partial charge in [0, 0.05) is 30.2 Å². The molecule has 3 aromatic rings. The van der Waals surface area contributed by atoms with Crippen LogP contribution in [0.1, 0.15) is 25.7 Å². The molecule has 1 saturated carbocycles. The van der Waals surface area contributed by atoms with Crippen LogP contribution >= 0.6 is 0 Å². The van der Waals surface area contributed by atoms with Crippen molar-refractivity contribution in [2.24, 2.45) is 0 Å². The van der Waals surface area contributed by atoms with Crippen molar-refractivity contribution in [3.63, 3.8) is 0 Å². The SMILES string of the molecule is COc1ccccc1-c1cn2ccnc2c(NC2CCC(O)CC2)n1. The number of ether oxygens (including phenoxy) is 1. The van der Waals surface area contributed by atoms with E-state index in [0.29, 0.717) is 6.04 Å².